The van der Waals surface area contributed by atoms with Crippen molar-refractivity contribution in [3.05, 3.63) is 60.8 Å². The highest BCUT2D eigenvalue weighted by Crippen LogP contribution is 2.18. The Labute approximate surface area is 514 Å². The molecule has 0 radical (unpaired) electrons. The lowest BCUT2D eigenvalue weighted by molar-refractivity contribution is -0.870. The molecule has 1 N–H and O–H groups in total. The number of nitrogens with zero attached hydrogens (tertiary/aromatic N) is 1. The number of carbonyl (C=O) groups excluding carboxylic acids is 2. The predicted molar refractivity (Wildman–Crippen MR) is 355 cm³/mol. The minimum absolute atomic E-state index is 0.185. The first-order valence-electron chi connectivity index (χ1n) is 35.5. The molecule has 0 aromatic carbocycles. The number of unbranched alkanes of at least 4 members (excludes halogenated alkanes) is 41. The Kier molecular flexibility index (Phi) is 62.6. The van der Waals surface area contributed by atoms with Gasteiger partial charge in [0.05, 0.1) is 34.4 Å². The van der Waals surface area contributed by atoms with Gasteiger partial charge in [-0.1, -0.05) is 299 Å². The topological polar surface area (TPSA) is 108 Å². The van der Waals surface area contributed by atoms with E-state index < -0.39 is 24.3 Å². The van der Waals surface area contributed by atoms with Gasteiger partial charge in [0.25, 0.3) is 6.29 Å². The molecule has 0 bridgehead atoms. The molecule has 0 fully saturated rings. The first-order valence-corrected chi connectivity index (χ1v) is 35.5. The summed E-state index contributed by atoms with van der Waals surface area (Å²) in [5.74, 6) is -2.01. The third-order valence-electron chi connectivity index (χ3n) is 15.7. The van der Waals surface area contributed by atoms with Crippen LogP contribution in [0, 0.1) is 0 Å². The number of hydrogen-bond acceptors (Lipinski definition) is 7. The molecule has 0 aromatic rings. The Morgan fingerprint density at radius 1 is 0.361 bits per heavy atom. The van der Waals surface area contributed by atoms with Gasteiger partial charge in [-0.2, -0.15) is 0 Å². The number of allylic oxidation sites excluding steroid dienone is 10. The summed E-state index contributed by atoms with van der Waals surface area (Å²) in [5, 5.41) is 9.73. The van der Waals surface area contributed by atoms with Gasteiger partial charge in [-0.05, 0) is 83.5 Å². The van der Waals surface area contributed by atoms with E-state index >= 15 is 0 Å². The van der Waals surface area contributed by atoms with E-state index in [9.17, 15) is 19.5 Å². The third kappa shape index (κ3) is 66.4. The number of rotatable bonds is 66. The van der Waals surface area contributed by atoms with Crippen molar-refractivity contribution in [3.63, 3.8) is 0 Å². The van der Waals surface area contributed by atoms with E-state index in [2.05, 4.69) is 74.6 Å². The van der Waals surface area contributed by atoms with Gasteiger partial charge in [0.15, 0.2) is 6.10 Å². The number of carbonyl (C=O) groups is 3. The maximum absolute atomic E-state index is 12.9. The second-order valence-electron chi connectivity index (χ2n) is 25.2. The van der Waals surface area contributed by atoms with Gasteiger partial charge in [0.1, 0.15) is 13.2 Å². The molecule has 484 valence electrons. The van der Waals surface area contributed by atoms with Crippen LogP contribution in [-0.4, -0.2) is 87.4 Å². The third-order valence-corrected chi connectivity index (χ3v) is 15.7. The Morgan fingerprint density at radius 2 is 0.651 bits per heavy atom. The maximum atomic E-state index is 12.9. The number of quaternary nitrogens is 1. The van der Waals surface area contributed by atoms with Crippen molar-refractivity contribution >= 4 is 17.9 Å². The fourth-order valence-corrected chi connectivity index (χ4v) is 10.3. The van der Waals surface area contributed by atoms with Gasteiger partial charge in [0.2, 0.25) is 0 Å². The zero-order valence-electron chi connectivity index (χ0n) is 55.4. The zero-order valence-corrected chi connectivity index (χ0v) is 55.4. The van der Waals surface area contributed by atoms with Gasteiger partial charge in [0, 0.05) is 12.8 Å². The largest absolute Gasteiger partial charge is 0.477 e. The number of hydrogen-bond donors (Lipinski definition) is 1. The molecule has 2 atom stereocenters. The number of likely N-dealkylation sites (N-methyl/N-ethyl adjacent to an activating group) is 1. The van der Waals surface area contributed by atoms with Crippen LogP contribution in [-0.2, 0) is 33.3 Å². The minimum atomic E-state index is -1.52. The van der Waals surface area contributed by atoms with Gasteiger partial charge < -0.3 is 28.5 Å². The molecular weight excluding hydrogens is 1030 g/mol. The molecule has 0 aliphatic heterocycles. The van der Waals surface area contributed by atoms with Crippen molar-refractivity contribution in [2.24, 2.45) is 0 Å². The lowest BCUT2D eigenvalue weighted by Crippen LogP contribution is -2.40. The molecule has 0 saturated heterocycles. The van der Waals surface area contributed by atoms with E-state index in [0.29, 0.717) is 23.9 Å². The fraction of sp³-hybridized carbons (Fsp3) is 0.824. The quantitative estimate of drug-likeness (QED) is 0.0211. The van der Waals surface area contributed by atoms with Crippen LogP contribution in [0.25, 0.3) is 0 Å². The Bertz CT molecular complexity index is 1550. The van der Waals surface area contributed by atoms with E-state index in [1.165, 1.54) is 238 Å². The summed E-state index contributed by atoms with van der Waals surface area (Å²) in [6, 6.07) is 0. The second-order valence-corrected chi connectivity index (χ2v) is 25.2. The molecule has 0 aliphatic carbocycles. The van der Waals surface area contributed by atoms with Crippen molar-refractivity contribution in [2.75, 3.05) is 47.5 Å². The highest BCUT2D eigenvalue weighted by Gasteiger charge is 2.25. The Hall–Kier alpha value is -3.01. The first-order chi connectivity index (χ1) is 40.6. The van der Waals surface area contributed by atoms with Crippen molar-refractivity contribution in [1.29, 1.82) is 0 Å². The average Bonchev–Trinajstić information content (AvgIpc) is 3.46. The molecule has 0 amide bonds. The van der Waals surface area contributed by atoms with Crippen LogP contribution in [0.5, 0.6) is 0 Å². The summed E-state index contributed by atoms with van der Waals surface area (Å²) in [4.78, 5) is 37.6. The normalized spacial score (nSPS) is 13.0. The molecule has 9 nitrogen and oxygen atoms in total. The van der Waals surface area contributed by atoms with Gasteiger partial charge in [-0.25, -0.2) is 4.79 Å². The van der Waals surface area contributed by atoms with E-state index in [1.807, 2.05) is 21.1 Å². The van der Waals surface area contributed by atoms with Crippen LogP contribution in [0.1, 0.15) is 335 Å². The van der Waals surface area contributed by atoms with Crippen LogP contribution in [0.4, 0.5) is 0 Å². The summed E-state index contributed by atoms with van der Waals surface area (Å²) >= 11 is 0. The smallest absolute Gasteiger partial charge is 0.361 e. The van der Waals surface area contributed by atoms with Crippen LogP contribution < -0.4 is 0 Å². The second kappa shape index (κ2) is 65.0. The zero-order chi connectivity index (χ0) is 60.5. The summed E-state index contributed by atoms with van der Waals surface area (Å²) in [6.45, 7) is 4.88. The number of esters is 2. The summed E-state index contributed by atoms with van der Waals surface area (Å²) in [7, 11) is 5.98. The van der Waals surface area contributed by atoms with E-state index in [-0.39, 0.29) is 32.2 Å². The fourth-order valence-electron chi connectivity index (χ4n) is 10.3. The Balaban J connectivity index is 4.02. The number of carboxylic acids is 1. The summed E-state index contributed by atoms with van der Waals surface area (Å²) in [6.07, 6.45) is 82.1. The van der Waals surface area contributed by atoms with Crippen LogP contribution >= 0.6 is 0 Å². The lowest BCUT2D eigenvalue weighted by atomic mass is 10.0. The molecule has 0 saturated carbocycles. The molecule has 0 aromatic heterocycles. The van der Waals surface area contributed by atoms with E-state index in [1.54, 1.807) is 0 Å². The standard InChI is InChI=1S/C74H135NO8/c1-6-8-10-12-14-16-18-20-22-24-26-28-29-30-31-32-33-34-35-36-37-38-39-40-41-42-43-45-46-48-50-52-54-56-58-60-62-64-71(76)81-68-70(69-82-74(73(78)79)80-67-66-75(3,4)5)83-72(77)65-63-61-59-57-55-53-51-49-47-44-27-25-23-21-19-17-15-13-11-9-7-2/h18-21,24-27,47,49,70,74H,6-17,22-23,28-46,48,50-69H2,1-5H3/p+1/b20-18-,21-19-,26-24-,27-25-,49-47-. The van der Waals surface area contributed by atoms with Crippen LogP contribution in [0.3, 0.4) is 0 Å². The highest BCUT2D eigenvalue weighted by atomic mass is 16.7. The molecule has 83 heavy (non-hydrogen) atoms. The van der Waals surface area contributed by atoms with Crippen molar-refractivity contribution in [1.82, 2.24) is 0 Å². The van der Waals surface area contributed by atoms with Crippen molar-refractivity contribution in [3.8, 4) is 0 Å². The molecule has 0 spiro atoms. The monoisotopic (exact) mass is 1170 g/mol. The number of carboxylic acid groups (broad SMARTS) is 1. The number of ether oxygens (including phenoxy) is 4. The van der Waals surface area contributed by atoms with Gasteiger partial charge in [-0.15, -0.1) is 0 Å². The summed E-state index contributed by atoms with van der Waals surface area (Å²) in [5.41, 5.74) is 0. The average molecular weight is 1170 g/mol. The highest BCUT2D eigenvalue weighted by molar-refractivity contribution is 5.71. The summed E-state index contributed by atoms with van der Waals surface area (Å²) < 4.78 is 23.0. The van der Waals surface area contributed by atoms with Gasteiger partial charge >= 0.3 is 17.9 Å². The van der Waals surface area contributed by atoms with Gasteiger partial charge in [-0.3, -0.25) is 9.59 Å². The van der Waals surface area contributed by atoms with Crippen LogP contribution in [0.15, 0.2) is 60.8 Å². The maximum Gasteiger partial charge on any atom is 0.361 e. The SMILES string of the molecule is CCCCCCC/C=C\C/C=C\C/C=C\CCCCCCCCC(=O)OC(COC(=O)CCCCCCCCCCCCCCCCCCCCCCCCCCC/C=C\C/C=C\CCCCCCC)COC(OCC[N+](C)(C)C)C(=O)O. The first kappa shape index (κ1) is 80.0. The van der Waals surface area contributed by atoms with Crippen LogP contribution in [0.2, 0.25) is 0 Å². The minimum Gasteiger partial charge on any atom is -0.477 e. The molecule has 0 heterocycles. The number of aliphatic carboxylic acids is 1. The molecule has 2 unspecified atom stereocenters. The Morgan fingerprint density at radius 3 is 0.964 bits per heavy atom. The van der Waals surface area contributed by atoms with Crippen molar-refractivity contribution in [2.45, 2.75) is 347 Å². The molecule has 9 heteroatoms. The van der Waals surface area contributed by atoms with E-state index in [4.69, 9.17) is 18.9 Å². The molecule has 0 aliphatic rings. The predicted octanol–water partition coefficient (Wildman–Crippen LogP) is 21.9. The van der Waals surface area contributed by atoms with E-state index in [0.717, 1.165) is 64.2 Å². The lowest BCUT2D eigenvalue weighted by Gasteiger charge is -2.25. The van der Waals surface area contributed by atoms with Crippen molar-refractivity contribution < 1.29 is 42.9 Å². The molecule has 0 rings (SSSR count). The molecular formula is C74H136NO8+.